The Morgan fingerprint density at radius 1 is 1.09 bits per heavy atom. The summed E-state index contributed by atoms with van der Waals surface area (Å²) in [4.78, 5) is 16.7. The molecule has 0 unspecified atom stereocenters. The van der Waals surface area contributed by atoms with Gasteiger partial charge < -0.3 is 18.9 Å². The molecule has 9 nitrogen and oxygen atoms in total. The first-order valence-corrected chi connectivity index (χ1v) is 11.9. The number of carbonyl (C=O) groups is 1. The van der Waals surface area contributed by atoms with Gasteiger partial charge in [0.15, 0.2) is 28.8 Å². The van der Waals surface area contributed by atoms with Crippen molar-refractivity contribution in [1.29, 1.82) is 5.41 Å². The zero-order valence-electron chi connectivity index (χ0n) is 19.3. The maximum Gasteiger partial charge on any atom is 0.283 e. The van der Waals surface area contributed by atoms with E-state index in [4.69, 9.17) is 36.0 Å². The number of thioether (sulfide) groups is 1. The summed E-state index contributed by atoms with van der Waals surface area (Å²) in [6.07, 6.45) is 2.23. The molecular weight excluding hydrogens is 492 g/mol. The number of fused-ring (bicyclic) bond motifs is 1. The molecule has 2 aromatic rings. The number of carbonyl (C=O) groups excluding carboxylic acids is 1. The average molecular weight is 515 g/mol. The van der Waals surface area contributed by atoms with E-state index in [-0.39, 0.29) is 29.6 Å². The second-order valence-corrected chi connectivity index (χ2v) is 8.70. The Hall–Kier alpha value is -3.50. The molecule has 1 amide bonds. The maximum absolute atomic E-state index is 12.6. The molecule has 0 fully saturated rings. The summed E-state index contributed by atoms with van der Waals surface area (Å²) in [6, 6.07) is 10.6. The van der Waals surface area contributed by atoms with Crippen LogP contribution in [0.2, 0.25) is 5.02 Å². The van der Waals surface area contributed by atoms with Crippen molar-refractivity contribution in [3.05, 3.63) is 52.6 Å². The van der Waals surface area contributed by atoms with E-state index in [0.29, 0.717) is 40.1 Å². The number of methoxy groups -OCH3 is 2. The number of nitrogens with one attached hydrogen (secondary N) is 1. The van der Waals surface area contributed by atoms with Gasteiger partial charge in [0, 0.05) is 0 Å². The van der Waals surface area contributed by atoms with E-state index in [9.17, 15) is 4.79 Å². The molecule has 0 aromatic heterocycles. The highest BCUT2D eigenvalue weighted by atomic mass is 35.5. The molecule has 0 saturated heterocycles. The van der Waals surface area contributed by atoms with E-state index in [2.05, 4.69) is 10.1 Å². The standard InChI is InChI=1S/C24H23ClN4O5S/c1-4-20-28-29-22(26)15(23(30)27-24(29)35-20)11-14-12-16(25)21(19(13-14)32-3)34-10-9-33-18-8-6-5-7-17(18)31-2/h5-8,11-13,26H,4,9-10H2,1-3H3. The molecule has 182 valence electrons. The van der Waals surface area contributed by atoms with Gasteiger partial charge in [-0.15, -0.1) is 0 Å². The van der Waals surface area contributed by atoms with Crippen molar-refractivity contribution in [3.63, 3.8) is 0 Å². The zero-order valence-corrected chi connectivity index (χ0v) is 20.9. The minimum Gasteiger partial charge on any atom is -0.493 e. The van der Waals surface area contributed by atoms with Gasteiger partial charge >= 0.3 is 0 Å². The van der Waals surface area contributed by atoms with E-state index < -0.39 is 5.91 Å². The van der Waals surface area contributed by atoms with Crippen molar-refractivity contribution in [2.24, 2.45) is 10.1 Å². The highest BCUT2D eigenvalue weighted by Crippen LogP contribution is 2.38. The lowest BCUT2D eigenvalue weighted by Crippen LogP contribution is -2.35. The van der Waals surface area contributed by atoms with Crippen molar-refractivity contribution in [3.8, 4) is 23.0 Å². The Morgan fingerprint density at radius 2 is 1.80 bits per heavy atom. The highest BCUT2D eigenvalue weighted by molar-refractivity contribution is 8.26. The van der Waals surface area contributed by atoms with Gasteiger partial charge in [0.25, 0.3) is 5.91 Å². The maximum atomic E-state index is 12.6. The number of hydrazone groups is 1. The summed E-state index contributed by atoms with van der Waals surface area (Å²) < 4.78 is 22.3. The van der Waals surface area contributed by atoms with Crippen molar-refractivity contribution < 1.29 is 23.7 Å². The van der Waals surface area contributed by atoms with Gasteiger partial charge in [-0.05, 0) is 54.1 Å². The predicted octanol–water partition coefficient (Wildman–Crippen LogP) is 4.84. The molecule has 0 spiro atoms. The fraction of sp³-hybridized carbons (Fsp3) is 0.250. The number of hydrogen-bond donors (Lipinski definition) is 1. The second-order valence-electron chi connectivity index (χ2n) is 7.25. The smallest absolute Gasteiger partial charge is 0.283 e. The third-order valence-corrected chi connectivity index (χ3v) is 6.35. The van der Waals surface area contributed by atoms with Gasteiger partial charge in [-0.25, -0.2) is 0 Å². The molecule has 2 aliphatic heterocycles. The van der Waals surface area contributed by atoms with Gasteiger partial charge in [-0.2, -0.15) is 15.1 Å². The number of ether oxygens (including phenoxy) is 4. The molecule has 0 bridgehead atoms. The van der Waals surface area contributed by atoms with Crippen LogP contribution in [-0.4, -0.2) is 54.4 Å². The first-order valence-electron chi connectivity index (χ1n) is 10.7. The quantitative estimate of drug-likeness (QED) is 0.377. The fourth-order valence-corrected chi connectivity index (χ4v) is 4.44. The van der Waals surface area contributed by atoms with Gasteiger partial charge in [-0.1, -0.05) is 30.7 Å². The van der Waals surface area contributed by atoms with E-state index in [1.807, 2.05) is 25.1 Å². The summed E-state index contributed by atoms with van der Waals surface area (Å²) in [6.45, 7) is 2.42. The average Bonchev–Trinajstić information content (AvgIpc) is 3.28. The summed E-state index contributed by atoms with van der Waals surface area (Å²) >= 11 is 7.77. The number of para-hydroxylation sites is 2. The van der Waals surface area contributed by atoms with E-state index >= 15 is 0 Å². The van der Waals surface area contributed by atoms with E-state index in [1.165, 1.54) is 30.0 Å². The van der Waals surface area contributed by atoms with Crippen LogP contribution in [0.15, 0.2) is 52.1 Å². The molecule has 2 aliphatic rings. The van der Waals surface area contributed by atoms with Gasteiger partial charge in [0.2, 0.25) is 5.17 Å². The largest absolute Gasteiger partial charge is 0.493 e. The van der Waals surface area contributed by atoms with Crippen LogP contribution in [0.1, 0.15) is 18.9 Å². The number of nitrogens with zero attached hydrogens (tertiary/aromatic N) is 3. The zero-order chi connectivity index (χ0) is 24.9. The molecule has 11 heteroatoms. The summed E-state index contributed by atoms with van der Waals surface area (Å²) in [5.41, 5.74) is 0.662. The molecule has 4 rings (SSSR count). The minimum atomic E-state index is -0.509. The number of halogens is 1. The Morgan fingerprint density at radius 3 is 2.51 bits per heavy atom. The monoisotopic (exact) mass is 514 g/mol. The number of benzene rings is 2. The first-order chi connectivity index (χ1) is 16.9. The third-order valence-electron chi connectivity index (χ3n) is 5.02. The molecule has 35 heavy (non-hydrogen) atoms. The number of amides is 1. The SMILES string of the molecule is CCC1=NN2C(=N)C(=Cc3cc(Cl)c(OCCOc4ccccc4OC)c(OC)c3)C(=O)N=C2S1. The lowest BCUT2D eigenvalue weighted by Gasteiger charge is -2.20. The lowest BCUT2D eigenvalue weighted by molar-refractivity contribution is -0.114. The molecule has 2 heterocycles. The summed E-state index contributed by atoms with van der Waals surface area (Å²) in [5, 5.41) is 15.6. The molecule has 0 saturated carbocycles. The van der Waals surface area contributed by atoms with Gasteiger partial charge in [0.1, 0.15) is 18.3 Å². The van der Waals surface area contributed by atoms with Crippen LogP contribution >= 0.6 is 23.4 Å². The van der Waals surface area contributed by atoms with Crippen molar-refractivity contribution >= 4 is 51.4 Å². The van der Waals surface area contributed by atoms with Crippen LogP contribution in [0.25, 0.3) is 6.08 Å². The van der Waals surface area contributed by atoms with Crippen LogP contribution in [-0.2, 0) is 4.79 Å². The van der Waals surface area contributed by atoms with Crippen molar-refractivity contribution in [1.82, 2.24) is 5.01 Å². The Kier molecular flexibility index (Phi) is 7.62. The topological polar surface area (TPSA) is 106 Å². The molecule has 0 atom stereocenters. The predicted molar refractivity (Wildman–Crippen MR) is 137 cm³/mol. The minimum absolute atomic E-state index is 0.0418. The van der Waals surface area contributed by atoms with E-state index in [1.54, 1.807) is 25.3 Å². The van der Waals surface area contributed by atoms with Crippen LogP contribution in [0.3, 0.4) is 0 Å². The molecule has 0 aliphatic carbocycles. The Balaban J connectivity index is 1.49. The molecular formula is C24H23ClN4O5S. The number of amidine groups is 2. The number of rotatable bonds is 9. The van der Waals surface area contributed by atoms with Crippen LogP contribution in [0.4, 0.5) is 0 Å². The summed E-state index contributed by atoms with van der Waals surface area (Å²) in [5.74, 6) is 1.41. The van der Waals surface area contributed by atoms with Gasteiger partial charge in [0.05, 0.1) is 24.8 Å². The Bertz CT molecular complexity index is 1260. The van der Waals surface area contributed by atoms with Crippen LogP contribution < -0.4 is 18.9 Å². The van der Waals surface area contributed by atoms with Crippen LogP contribution in [0.5, 0.6) is 23.0 Å². The van der Waals surface area contributed by atoms with Gasteiger partial charge in [-0.3, -0.25) is 10.2 Å². The summed E-state index contributed by atoms with van der Waals surface area (Å²) in [7, 11) is 3.07. The first kappa shape index (κ1) is 24.6. The third kappa shape index (κ3) is 5.28. The number of hydrogen-bond acceptors (Lipinski definition) is 8. The second kappa shape index (κ2) is 10.8. The molecule has 1 N–H and O–H groups in total. The number of aliphatic imine (C=N–C) groups is 1. The van der Waals surface area contributed by atoms with Crippen molar-refractivity contribution in [2.75, 3.05) is 27.4 Å². The van der Waals surface area contributed by atoms with Crippen molar-refractivity contribution in [2.45, 2.75) is 13.3 Å². The fourth-order valence-electron chi connectivity index (χ4n) is 3.34. The lowest BCUT2D eigenvalue weighted by atomic mass is 10.1. The van der Waals surface area contributed by atoms with E-state index in [0.717, 1.165) is 5.04 Å². The Labute approximate surface area is 211 Å². The normalized spacial score (nSPS) is 16.1. The highest BCUT2D eigenvalue weighted by Gasteiger charge is 2.35. The molecule has 2 aromatic carbocycles. The molecule has 0 radical (unpaired) electrons. The van der Waals surface area contributed by atoms with Crippen LogP contribution in [0, 0.1) is 5.41 Å².